The Morgan fingerprint density at radius 3 is 2.94 bits per heavy atom. The Hall–Kier alpha value is -1.18. The van der Waals surface area contributed by atoms with E-state index in [4.69, 9.17) is 5.14 Å². The van der Waals surface area contributed by atoms with Crippen LogP contribution in [-0.4, -0.2) is 25.7 Å². The Kier molecular flexibility index (Phi) is 3.84. The van der Waals surface area contributed by atoms with Crippen molar-refractivity contribution in [3.63, 3.8) is 0 Å². The van der Waals surface area contributed by atoms with Crippen molar-refractivity contribution in [1.82, 2.24) is 10.3 Å². The van der Waals surface area contributed by atoms with Crippen LogP contribution in [-0.2, 0) is 16.4 Å². The van der Waals surface area contributed by atoms with E-state index in [1.165, 1.54) is 6.07 Å². The zero-order valence-corrected chi connectivity index (χ0v) is 10.8. The lowest BCUT2D eigenvalue weighted by molar-refractivity contribution is 0.464. The standard InChI is InChI=1S/C11H17N3O3S/c12-18(16,17)7-6-13-9-2-1-3-10-8(9)4-5-11(15)14-10/h4-5,9,13H,1-3,6-7H2,(H,14,15)(H2,12,16,17). The smallest absolute Gasteiger partial charge is 0.248 e. The summed E-state index contributed by atoms with van der Waals surface area (Å²) < 4.78 is 21.7. The molecule has 2 rings (SSSR count). The number of fused-ring (bicyclic) bond motifs is 1. The summed E-state index contributed by atoms with van der Waals surface area (Å²) in [5.41, 5.74) is 1.90. The van der Waals surface area contributed by atoms with Crippen molar-refractivity contribution in [2.24, 2.45) is 5.14 Å². The first kappa shape index (κ1) is 13.3. The van der Waals surface area contributed by atoms with Crippen molar-refractivity contribution < 1.29 is 8.42 Å². The molecule has 1 unspecified atom stereocenters. The highest BCUT2D eigenvalue weighted by Crippen LogP contribution is 2.27. The number of aromatic amines is 1. The van der Waals surface area contributed by atoms with Crippen LogP contribution in [0.1, 0.15) is 30.1 Å². The molecular weight excluding hydrogens is 254 g/mol. The molecule has 0 aliphatic heterocycles. The van der Waals surface area contributed by atoms with Crippen LogP contribution in [0, 0.1) is 0 Å². The van der Waals surface area contributed by atoms with Crippen molar-refractivity contribution in [3.8, 4) is 0 Å². The Bertz CT molecular complexity index is 579. The van der Waals surface area contributed by atoms with Gasteiger partial charge in [-0.15, -0.1) is 0 Å². The molecule has 1 heterocycles. The van der Waals surface area contributed by atoms with Gasteiger partial charge in [0.2, 0.25) is 15.6 Å². The quantitative estimate of drug-likeness (QED) is 0.694. The largest absolute Gasteiger partial charge is 0.326 e. The zero-order valence-electron chi connectivity index (χ0n) is 9.98. The summed E-state index contributed by atoms with van der Waals surface area (Å²) in [4.78, 5) is 14.0. The average molecular weight is 271 g/mol. The van der Waals surface area contributed by atoms with Crippen molar-refractivity contribution in [1.29, 1.82) is 0 Å². The van der Waals surface area contributed by atoms with Crippen molar-refractivity contribution in [2.75, 3.05) is 12.3 Å². The number of rotatable bonds is 4. The van der Waals surface area contributed by atoms with E-state index in [2.05, 4.69) is 10.3 Å². The van der Waals surface area contributed by atoms with Crippen LogP contribution in [0.2, 0.25) is 0 Å². The highest BCUT2D eigenvalue weighted by atomic mass is 32.2. The van der Waals surface area contributed by atoms with Gasteiger partial charge in [-0.05, 0) is 24.8 Å². The first-order valence-corrected chi connectivity index (χ1v) is 7.63. The van der Waals surface area contributed by atoms with E-state index < -0.39 is 10.0 Å². The molecule has 1 atom stereocenters. The number of nitrogens with one attached hydrogen (secondary N) is 2. The average Bonchev–Trinajstić information content (AvgIpc) is 2.27. The number of hydrogen-bond acceptors (Lipinski definition) is 4. The molecule has 0 aromatic carbocycles. The molecule has 0 amide bonds. The summed E-state index contributed by atoms with van der Waals surface area (Å²) in [6.07, 6.45) is 2.77. The number of H-pyrrole nitrogens is 1. The molecule has 1 aromatic rings. The Labute approximate surface area is 106 Å². The predicted octanol–water partition coefficient (Wildman–Crippen LogP) is -0.370. The van der Waals surface area contributed by atoms with Crippen molar-refractivity contribution >= 4 is 10.0 Å². The molecule has 1 aromatic heterocycles. The first-order chi connectivity index (χ1) is 8.46. The number of aryl methyl sites for hydroxylation is 1. The fourth-order valence-corrected chi connectivity index (χ4v) is 2.69. The molecule has 6 nitrogen and oxygen atoms in total. The van der Waals surface area contributed by atoms with Gasteiger partial charge in [0.25, 0.3) is 0 Å². The number of pyridine rings is 1. The van der Waals surface area contributed by atoms with Gasteiger partial charge in [0, 0.05) is 24.3 Å². The topological polar surface area (TPSA) is 105 Å². The van der Waals surface area contributed by atoms with E-state index in [1.807, 2.05) is 6.07 Å². The van der Waals surface area contributed by atoms with E-state index in [0.717, 1.165) is 30.5 Å². The maximum Gasteiger partial charge on any atom is 0.248 e. The molecule has 0 radical (unpaired) electrons. The monoisotopic (exact) mass is 271 g/mol. The Morgan fingerprint density at radius 1 is 1.44 bits per heavy atom. The van der Waals surface area contributed by atoms with E-state index in [1.54, 1.807) is 0 Å². The molecule has 0 bridgehead atoms. The summed E-state index contributed by atoms with van der Waals surface area (Å²) in [5.74, 6) is -0.0812. The summed E-state index contributed by atoms with van der Waals surface area (Å²) >= 11 is 0. The predicted molar refractivity (Wildman–Crippen MR) is 68.7 cm³/mol. The van der Waals surface area contributed by atoms with Gasteiger partial charge in [0.1, 0.15) is 0 Å². The minimum atomic E-state index is -3.43. The normalized spacial score (nSPS) is 19.5. The molecule has 0 spiro atoms. The summed E-state index contributed by atoms with van der Waals surface area (Å²) in [5, 5.41) is 8.12. The van der Waals surface area contributed by atoms with Crippen LogP contribution in [0.15, 0.2) is 16.9 Å². The summed E-state index contributed by atoms with van der Waals surface area (Å²) in [7, 11) is -3.43. The van der Waals surface area contributed by atoms with Gasteiger partial charge < -0.3 is 10.3 Å². The summed E-state index contributed by atoms with van der Waals surface area (Å²) in [6, 6.07) is 3.40. The second-order valence-corrected chi connectivity index (χ2v) is 6.26. The second kappa shape index (κ2) is 5.21. The van der Waals surface area contributed by atoms with Crippen molar-refractivity contribution in [2.45, 2.75) is 25.3 Å². The number of primary sulfonamides is 1. The maximum absolute atomic E-state index is 11.2. The lowest BCUT2D eigenvalue weighted by Crippen LogP contribution is -2.32. The number of hydrogen-bond donors (Lipinski definition) is 3. The molecule has 100 valence electrons. The molecule has 18 heavy (non-hydrogen) atoms. The molecule has 4 N–H and O–H groups in total. The molecule has 0 saturated carbocycles. The van der Waals surface area contributed by atoms with E-state index in [9.17, 15) is 13.2 Å². The van der Waals surface area contributed by atoms with Crippen LogP contribution in [0.25, 0.3) is 0 Å². The number of aromatic nitrogens is 1. The van der Waals surface area contributed by atoms with Gasteiger partial charge in [-0.2, -0.15) is 0 Å². The third-order valence-electron chi connectivity index (χ3n) is 3.11. The van der Waals surface area contributed by atoms with Gasteiger partial charge in [-0.25, -0.2) is 13.6 Å². The number of sulfonamides is 1. The minimum absolute atomic E-state index is 0.0812. The lowest BCUT2D eigenvalue weighted by atomic mass is 9.91. The lowest BCUT2D eigenvalue weighted by Gasteiger charge is -2.25. The van der Waals surface area contributed by atoms with Crippen LogP contribution in [0.4, 0.5) is 0 Å². The minimum Gasteiger partial charge on any atom is -0.326 e. The van der Waals surface area contributed by atoms with Gasteiger partial charge in [0.05, 0.1) is 5.75 Å². The van der Waals surface area contributed by atoms with E-state index in [-0.39, 0.29) is 17.4 Å². The van der Waals surface area contributed by atoms with Crippen LogP contribution in [0.5, 0.6) is 0 Å². The second-order valence-electron chi connectivity index (χ2n) is 4.52. The molecule has 0 fully saturated rings. The first-order valence-electron chi connectivity index (χ1n) is 5.92. The van der Waals surface area contributed by atoms with Crippen molar-refractivity contribution in [3.05, 3.63) is 33.7 Å². The molecule has 1 aliphatic rings. The van der Waals surface area contributed by atoms with Crippen LogP contribution >= 0.6 is 0 Å². The highest BCUT2D eigenvalue weighted by molar-refractivity contribution is 7.89. The third kappa shape index (κ3) is 3.41. The van der Waals surface area contributed by atoms with Gasteiger partial charge in [-0.3, -0.25) is 4.79 Å². The Morgan fingerprint density at radius 2 is 2.22 bits per heavy atom. The molecule has 1 aliphatic carbocycles. The van der Waals surface area contributed by atoms with Crippen LogP contribution < -0.4 is 16.0 Å². The third-order valence-corrected chi connectivity index (χ3v) is 3.88. The highest BCUT2D eigenvalue weighted by Gasteiger charge is 2.20. The fourth-order valence-electron chi connectivity index (χ4n) is 2.29. The number of nitrogens with two attached hydrogens (primary N) is 1. The van der Waals surface area contributed by atoms with Gasteiger partial charge in [0.15, 0.2) is 0 Å². The molecular formula is C11H17N3O3S. The Balaban J connectivity index is 2.06. The summed E-state index contributed by atoms with van der Waals surface area (Å²) in [6.45, 7) is 0.321. The van der Waals surface area contributed by atoms with E-state index >= 15 is 0 Å². The van der Waals surface area contributed by atoms with Gasteiger partial charge >= 0.3 is 0 Å². The molecule has 7 heteroatoms. The maximum atomic E-state index is 11.2. The zero-order chi connectivity index (χ0) is 13.2. The molecule has 0 saturated heterocycles. The van der Waals surface area contributed by atoms with Gasteiger partial charge in [-0.1, -0.05) is 6.07 Å². The SMILES string of the molecule is NS(=O)(=O)CCNC1CCCc2[nH]c(=O)ccc21. The van der Waals surface area contributed by atoms with E-state index in [0.29, 0.717) is 6.54 Å². The fraction of sp³-hybridized carbons (Fsp3) is 0.545. The van der Waals surface area contributed by atoms with Crippen LogP contribution in [0.3, 0.4) is 0 Å².